The number of hydrogen-bond acceptors (Lipinski definition) is 3. The summed E-state index contributed by atoms with van der Waals surface area (Å²) in [6.07, 6.45) is 3.31. The van der Waals surface area contributed by atoms with Gasteiger partial charge < -0.3 is 9.88 Å². The number of aromatic nitrogens is 1. The van der Waals surface area contributed by atoms with Crippen molar-refractivity contribution in [2.75, 3.05) is 20.1 Å². The van der Waals surface area contributed by atoms with E-state index in [1.165, 1.54) is 23.3 Å². The highest BCUT2D eigenvalue weighted by Gasteiger charge is 2.21. The van der Waals surface area contributed by atoms with E-state index in [9.17, 15) is 4.79 Å². The first-order valence-corrected chi connectivity index (χ1v) is 9.04. The van der Waals surface area contributed by atoms with Gasteiger partial charge in [-0.25, -0.2) is 0 Å². The molecular weight excluding hydrogens is 316 g/mol. The summed E-state index contributed by atoms with van der Waals surface area (Å²) in [4.78, 5) is 18.0. The van der Waals surface area contributed by atoms with Gasteiger partial charge in [0.05, 0.1) is 10.5 Å². The number of benzene rings is 1. The van der Waals surface area contributed by atoms with E-state index in [0.717, 1.165) is 35.4 Å². The zero-order valence-electron chi connectivity index (χ0n) is 13.0. The monoisotopic (exact) mass is 336 g/mol. The van der Waals surface area contributed by atoms with Gasteiger partial charge in [0.1, 0.15) is 0 Å². The predicted molar refractivity (Wildman–Crippen MR) is 95.3 cm³/mol. The topological polar surface area (TPSA) is 36.1 Å². The number of pyridine rings is 1. The summed E-state index contributed by atoms with van der Waals surface area (Å²) >= 11 is 8.45. The van der Waals surface area contributed by atoms with E-state index in [2.05, 4.69) is 23.9 Å². The largest absolute Gasteiger partial charge is 0.322 e. The SMILES string of the molecule is CCc1c(SC2CCN(C)CC2)c(Cl)cc2[nH]c(=O)ccc12. The zero-order chi connectivity index (χ0) is 15.7. The summed E-state index contributed by atoms with van der Waals surface area (Å²) in [5, 5.41) is 2.50. The Bertz CT molecular complexity index is 735. The highest BCUT2D eigenvalue weighted by Crippen LogP contribution is 2.40. The van der Waals surface area contributed by atoms with E-state index in [4.69, 9.17) is 11.6 Å². The fourth-order valence-electron chi connectivity index (χ4n) is 3.07. The molecule has 0 saturated carbocycles. The van der Waals surface area contributed by atoms with Gasteiger partial charge in [0.25, 0.3) is 0 Å². The maximum atomic E-state index is 11.5. The first kappa shape index (κ1) is 15.9. The number of aromatic amines is 1. The summed E-state index contributed by atoms with van der Waals surface area (Å²) in [5.74, 6) is 0. The van der Waals surface area contributed by atoms with Crippen molar-refractivity contribution < 1.29 is 0 Å². The number of rotatable bonds is 3. The van der Waals surface area contributed by atoms with Gasteiger partial charge in [-0.15, -0.1) is 11.8 Å². The third-order valence-electron chi connectivity index (χ3n) is 4.34. The lowest BCUT2D eigenvalue weighted by atomic mass is 10.1. The standard InChI is InChI=1S/C17H21ClN2OS/c1-3-12-13-4-5-16(21)19-15(13)10-14(18)17(12)22-11-6-8-20(2)9-7-11/h4-5,10-11H,3,6-9H2,1-2H3,(H,19,21). The molecule has 0 bridgehead atoms. The molecule has 3 nitrogen and oxygen atoms in total. The molecule has 1 saturated heterocycles. The van der Waals surface area contributed by atoms with Crippen LogP contribution in [-0.4, -0.2) is 35.3 Å². The molecule has 1 aliphatic rings. The smallest absolute Gasteiger partial charge is 0.248 e. The summed E-state index contributed by atoms with van der Waals surface area (Å²) in [6, 6.07) is 5.41. The molecule has 22 heavy (non-hydrogen) atoms. The van der Waals surface area contributed by atoms with Crippen LogP contribution in [0.4, 0.5) is 0 Å². The number of H-pyrrole nitrogens is 1. The van der Waals surface area contributed by atoms with Gasteiger partial charge in [0.15, 0.2) is 0 Å². The number of thioether (sulfide) groups is 1. The van der Waals surface area contributed by atoms with Crippen molar-refractivity contribution in [2.45, 2.75) is 36.3 Å². The molecule has 118 valence electrons. The van der Waals surface area contributed by atoms with E-state index in [1.54, 1.807) is 6.07 Å². The van der Waals surface area contributed by atoms with E-state index >= 15 is 0 Å². The highest BCUT2D eigenvalue weighted by atomic mass is 35.5. The molecule has 2 heterocycles. The summed E-state index contributed by atoms with van der Waals surface area (Å²) in [6.45, 7) is 4.45. The molecule has 0 spiro atoms. The summed E-state index contributed by atoms with van der Waals surface area (Å²) < 4.78 is 0. The third kappa shape index (κ3) is 3.19. The van der Waals surface area contributed by atoms with Crippen molar-refractivity contribution in [3.8, 4) is 0 Å². The quantitative estimate of drug-likeness (QED) is 0.922. The molecule has 0 amide bonds. The van der Waals surface area contributed by atoms with Crippen LogP contribution < -0.4 is 5.56 Å². The van der Waals surface area contributed by atoms with E-state index < -0.39 is 0 Å². The van der Waals surface area contributed by atoms with Gasteiger partial charge in [-0.1, -0.05) is 18.5 Å². The first-order valence-electron chi connectivity index (χ1n) is 7.78. The van der Waals surface area contributed by atoms with Crippen LogP contribution in [0.5, 0.6) is 0 Å². The molecule has 1 fully saturated rings. The Kier molecular flexibility index (Phi) is 4.81. The molecule has 1 aromatic carbocycles. The molecule has 0 aliphatic carbocycles. The number of piperidine rings is 1. The van der Waals surface area contributed by atoms with Gasteiger partial charge >= 0.3 is 0 Å². The molecule has 1 aliphatic heterocycles. The average molecular weight is 337 g/mol. The summed E-state index contributed by atoms with van der Waals surface area (Å²) in [5.41, 5.74) is 2.01. The van der Waals surface area contributed by atoms with Crippen LogP contribution in [-0.2, 0) is 6.42 Å². The Balaban J connectivity index is 1.99. The molecule has 1 aromatic heterocycles. The summed E-state index contributed by atoms with van der Waals surface area (Å²) in [7, 11) is 2.18. The number of hydrogen-bond donors (Lipinski definition) is 1. The van der Waals surface area contributed by atoms with Gasteiger partial charge in [-0.3, -0.25) is 4.79 Å². The van der Waals surface area contributed by atoms with Crippen molar-refractivity contribution in [3.05, 3.63) is 39.1 Å². The fourth-order valence-corrected chi connectivity index (χ4v) is 4.78. The second-order valence-corrected chi connectivity index (χ2v) is 7.64. The molecule has 1 N–H and O–H groups in total. The third-order valence-corrected chi connectivity index (χ3v) is 6.26. The van der Waals surface area contributed by atoms with Crippen molar-refractivity contribution >= 4 is 34.3 Å². The predicted octanol–water partition coefficient (Wildman–Crippen LogP) is 3.93. The van der Waals surface area contributed by atoms with Crippen molar-refractivity contribution in [3.63, 3.8) is 0 Å². The number of nitrogens with one attached hydrogen (secondary N) is 1. The molecule has 0 radical (unpaired) electrons. The van der Waals surface area contributed by atoms with Gasteiger partial charge in [-0.2, -0.15) is 0 Å². The van der Waals surface area contributed by atoms with Gasteiger partial charge in [-0.05, 0) is 57.1 Å². The van der Waals surface area contributed by atoms with Crippen molar-refractivity contribution in [2.24, 2.45) is 0 Å². The van der Waals surface area contributed by atoms with E-state index in [1.807, 2.05) is 23.9 Å². The second-order valence-electron chi connectivity index (χ2n) is 5.92. The van der Waals surface area contributed by atoms with Crippen LogP contribution in [0.2, 0.25) is 5.02 Å². The van der Waals surface area contributed by atoms with Gasteiger partial charge in [0.2, 0.25) is 5.56 Å². The Morgan fingerprint density at radius 1 is 1.36 bits per heavy atom. The molecule has 3 rings (SSSR count). The normalized spacial score (nSPS) is 17.2. The van der Waals surface area contributed by atoms with Crippen LogP contribution in [0.15, 0.2) is 27.9 Å². The van der Waals surface area contributed by atoms with Crippen LogP contribution in [0.3, 0.4) is 0 Å². The molecule has 2 aromatic rings. The Morgan fingerprint density at radius 2 is 2.09 bits per heavy atom. The maximum Gasteiger partial charge on any atom is 0.248 e. The Labute approximate surface area is 140 Å². The van der Waals surface area contributed by atoms with Gasteiger partial charge in [0, 0.05) is 21.6 Å². The number of halogens is 1. The lowest BCUT2D eigenvalue weighted by Crippen LogP contribution is -2.31. The van der Waals surface area contributed by atoms with Crippen molar-refractivity contribution in [1.82, 2.24) is 9.88 Å². The fraction of sp³-hybridized carbons (Fsp3) is 0.471. The number of likely N-dealkylation sites (tertiary alicyclic amines) is 1. The molecule has 0 atom stereocenters. The second kappa shape index (κ2) is 6.65. The number of nitrogens with zero attached hydrogens (tertiary/aromatic N) is 1. The lowest BCUT2D eigenvalue weighted by Gasteiger charge is -2.29. The average Bonchev–Trinajstić information content (AvgIpc) is 2.50. The molecule has 0 unspecified atom stereocenters. The van der Waals surface area contributed by atoms with Crippen molar-refractivity contribution in [1.29, 1.82) is 0 Å². The zero-order valence-corrected chi connectivity index (χ0v) is 14.6. The van der Waals surface area contributed by atoms with Crippen LogP contribution in [0, 0.1) is 0 Å². The van der Waals surface area contributed by atoms with Crippen LogP contribution in [0.25, 0.3) is 10.9 Å². The number of aryl methyl sites for hydroxylation is 1. The molecule has 5 heteroatoms. The molecular formula is C17H21ClN2OS. The van der Waals surface area contributed by atoms with E-state index in [-0.39, 0.29) is 5.56 Å². The minimum Gasteiger partial charge on any atom is -0.322 e. The maximum absolute atomic E-state index is 11.5. The highest BCUT2D eigenvalue weighted by molar-refractivity contribution is 8.00. The minimum atomic E-state index is -0.0821. The number of fused-ring (bicyclic) bond motifs is 1. The van der Waals surface area contributed by atoms with Crippen LogP contribution >= 0.6 is 23.4 Å². The van der Waals surface area contributed by atoms with Crippen LogP contribution in [0.1, 0.15) is 25.3 Å². The Hall–Kier alpha value is -0.970. The lowest BCUT2D eigenvalue weighted by molar-refractivity contribution is 0.282. The first-order chi connectivity index (χ1) is 10.6. The Morgan fingerprint density at radius 3 is 2.77 bits per heavy atom. The van der Waals surface area contributed by atoms with E-state index in [0.29, 0.717) is 5.25 Å². The minimum absolute atomic E-state index is 0.0821.